The Kier molecular flexibility index (Phi) is 4.29. The van der Waals surface area contributed by atoms with Gasteiger partial charge in [0.25, 0.3) is 5.56 Å². The van der Waals surface area contributed by atoms with Crippen molar-refractivity contribution in [2.24, 2.45) is 0 Å². The molecule has 6 heteroatoms. The van der Waals surface area contributed by atoms with E-state index in [0.29, 0.717) is 0 Å². The number of rotatable bonds is 3. The van der Waals surface area contributed by atoms with Crippen LogP contribution in [0.2, 0.25) is 0 Å². The minimum Gasteiger partial charge on any atom is -0.398 e. The number of nitrogens with zero attached hydrogens (tertiary/aromatic N) is 4. The van der Waals surface area contributed by atoms with E-state index >= 15 is 0 Å². The molecule has 0 aliphatic carbocycles. The molecule has 0 saturated carbocycles. The molecule has 25 heavy (non-hydrogen) atoms. The summed E-state index contributed by atoms with van der Waals surface area (Å²) in [6.07, 6.45) is 6.58. The molecular weight excluding hydrogens is 314 g/mol. The molecule has 132 valence electrons. The van der Waals surface area contributed by atoms with Gasteiger partial charge < -0.3 is 5.73 Å². The van der Waals surface area contributed by atoms with Crippen LogP contribution in [-0.4, -0.2) is 32.5 Å². The minimum absolute atomic E-state index is 0.167. The molecule has 6 nitrogen and oxygen atoms in total. The summed E-state index contributed by atoms with van der Waals surface area (Å²) in [6, 6.07) is 1.87. The summed E-state index contributed by atoms with van der Waals surface area (Å²) in [4.78, 5) is 24.3. The Bertz CT molecular complexity index is 858. The van der Waals surface area contributed by atoms with Crippen LogP contribution in [0.3, 0.4) is 0 Å². The third kappa shape index (κ3) is 3.06. The van der Waals surface area contributed by atoms with E-state index in [9.17, 15) is 4.79 Å². The van der Waals surface area contributed by atoms with Crippen LogP contribution in [0.15, 0.2) is 17.1 Å². The number of hydrogen-bond donors (Lipinski definition) is 1. The number of fused-ring (bicyclic) bond motifs is 2. The molecule has 2 N–H and O–H groups in total. The van der Waals surface area contributed by atoms with E-state index in [1.54, 1.807) is 6.20 Å². The highest BCUT2D eigenvalue weighted by molar-refractivity contribution is 5.48. The Balaban J connectivity index is 1.51. The minimum atomic E-state index is 0.167. The molecule has 0 fully saturated rings. The third-order valence-corrected chi connectivity index (χ3v) is 5.49. The van der Waals surface area contributed by atoms with Crippen LogP contribution >= 0.6 is 0 Å². The number of pyridine rings is 1. The van der Waals surface area contributed by atoms with Gasteiger partial charge >= 0.3 is 0 Å². The molecule has 0 radical (unpaired) electrons. The summed E-state index contributed by atoms with van der Waals surface area (Å²) in [7, 11) is 0. The van der Waals surface area contributed by atoms with Crippen LogP contribution in [-0.2, 0) is 32.4 Å². The lowest BCUT2D eigenvalue weighted by Gasteiger charge is -2.29. The first kappa shape index (κ1) is 16.3. The molecule has 2 aliphatic heterocycles. The van der Waals surface area contributed by atoms with Crippen molar-refractivity contribution in [1.82, 2.24) is 19.4 Å². The van der Waals surface area contributed by atoms with Crippen molar-refractivity contribution in [3.05, 3.63) is 51.0 Å². The molecule has 0 aromatic carbocycles. The second-order valence-corrected chi connectivity index (χ2v) is 7.11. The molecule has 0 amide bonds. The smallest absolute Gasteiger partial charge is 0.256 e. The number of aromatic nitrogens is 3. The standard InChI is InChI=1S/C19H25N5O/c1-13-14(19(25)24-9-3-2-4-18(24)22-13)6-10-23-11-7-17-15(12-23)16(20)5-8-21-17/h5,8H,2-4,6-7,9-12H2,1H3,(H2,20,21). The molecular formula is C19H25N5O. The van der Waals surface area contributed by atoms with Crippen LogP contribution in [0, 0.1) is 6.92 Å². The Morgan fingerprint density at radius 1 is 1.24 bits per heavy atom. The first-order valence-electron chi connectivity index (χ1n) is 9.17. The van der Waals surface area contributed by atoms with Crippen LogP contribution in [0.1, 0.15) is 41.2 Å². The van der Waals surface area contributed by atoms with E-state index in [1.165, 1.54) is 0 Å². The zero-order chi connectivity index (χ0) is 17.4. The quantitative estimate of drug-likeness (QED) is 0.916. The van der Waals surface area contributed by atoms with Crippen molar-refractivity contribution in [2.45, 2.75) is 52.1 Å². The molecule has 2 aliphatic rings. The largest absolute Gasteiger partial charge is 0.398 e. The van der Waals surface area contributed by atoms with Gasteiger partial charge in [-0.3, -0.25) is 19.2 Å². The number of nitrogen functional groups attached to an aromatic ring is 1. The van der Waals surface area contributed by atoms with Gasteiger partial charge in [0.2, 0.25) is 0 Å². The van der Waals surface area contributed by atoms with Gasteiger partial charge in [0.05, 0.1) is 0 Å². The van der Waals surface area contributed by atoms with E-state index in [2.05, 4.69) is 9.88 Å². The Morgan fingerprint density at radius 2 is 2.12 bits per heavy atom. The molecule has 4 rings (SSSR count). The first-order chi connectivity index (χ1) is 12.1. The predicted molar refractivity (Wildman–Crippen MR) is 97.5 cm³/mol. The topological polar surface area (TPSA) is 77.0 Å². The van der Waals surface area contributed by atoms with Crippen molar-refractivity contribution < 1.29 is 0 Å². The van der Waals surface area contributed by atoms with Gasteiger partial charge in [-0.1, -0.05) is 0 Å². The third-order valence-electron chi connectivity index (χ3n) is 5.49. The molecule has 0 bridgehead atoms. The summed E-state index contributed by atoms with van der Waals surface area (Å²) in [6.45, 7) is 5.41. The van der Waals surface area contributed by atoms with Gasteiger partial charge in [-0.15, -0.1) is 0 Å². The van der Waals surface area contributed by atoms with Gasteiger partial charge in [-0.25, -0.2) is 4.98 Å². The summed E-state index contributed by atoms with van der Waals surface area (Å²) in [5.41, 5.74) is 11.1. The average Bonchev–Trinajstić information content (AvgIpc) is 2.62. The lowest BCUT2D eigenvalue weighted by molar-refractivity contribution is 0.255. The number of nitrogens with two attached hydrogens (primary N) is 1. The first-order valence-corrected chi connectivity index (χ1v) is 9.17. The Labute approximate surface area is 147 Å². The highest BCUT2D eigenvalue weighted by atomic mass is 16.1. The highest BCUT2D eigenvalue weighted by Gasteiger charge is 2.21. The van der Waals surface area contributed by atoms with Gasteiger partial charge in [-0.2, -0.15) is 0 Å². The molecule has 2 aromatic heterocycles. The van der Waals surface area contributed by atoms with Gasteiger partial charge in [0.1, 0.15) is 5.82 Å². The molecule has 0 atom stereocenters. The van der Waals surface area contributed by atoms with Gasteiger partial charge in [0.15, 0.2) is 0 Å². The fourth-order valence-electron chi connectivity index (χ4n) is 4.00. The van der Waals surface area contributed by atoms with Crippen molar-refractivity contribution in [2.75, 3.05) is 18.8 Å². The molecule has 4 heterocycles. The monoisotopic (exact) mass is 339 g/mol. The lowest BCUT2D eigenvalue weighted by Crippen LogP contribution is -2.36. The second kappa shape index (κ2) is 6.59. The summed E-state index contributed by atoms with van der Waals surface area (Å²) < 4.78 is 1.89. The van der Waals surface area contributed by atoms with Gasteiger partial charge in [0, 0.05) is 73.4 Å². The number of hydrogen-bond acceptors (Lipinski definition) is 5. The number of anilines is 1. The van der Waals surface area contributed by atoms with Crippen LogP contribution < -0.4 is 11.3 Å². The fraction of sp³-hybridized carbons (Fsp3) is 0.526. The maximum Gasteiger partial charge on any atom is 0.256 e. The van der Waals surface area contributed by atoms with Crippen molar-refractivity contribution in [1.29, 1.82) is 0 Å². The van der Waals surface area contributed by atoms with E-state index in [1.807, 2.05) is 17.6 Å². The summed E-state index contributed by atoms with van der Waals surface area (Å²) in [5, 5.41) is 0. The van der Waals surface area contributed by atoms with E-state index in [0.717, 1.165) is 92.3 Å². The van der Waals surface area contributed by atoms with E-state index in [4.69, 9.17) is 10.7 Å². The predicted octanol–water partition coefficient (Wildman–Crippen LogP) is 1.47. The summed E-state index contributed by atoms with van der Waals surface area (Å²) >= 11 is 0. The lowest BCUT2D eigenvalue weighted by atomic mass is 10.0. The average molecular weight is 339 g/mol. The number of aryl methyl sites for hydroxylation is 2. The molecule has 0 spiro atoms. The van der Waals surface area contributed by atoms with E-state index < -0.39 is 0 Å². The normalized spacial score (nSPS) is 17.2. The van der Waals surface area contributed by atoms with Crippen LogP contribution in [0.4, 0.5) is 5.69 Å². The Morgan fingerprint density at radius 3 is 3.00 bits per heavy atom. The SMILES string of the molecule is Cc1nc2n(c(=O)c1CCN1CCc3nccc(N)c3C1)CCCC2. The maximum absolute atomic E-state index is 12.8. The Hall–Kier alpha value is -2.21. The fourth-order valence-corrected chi connectivity index (χ4v) is 4.00. The van der Waals surface area contributed by atoms with Crippen molar-refractivity contribution in [3.8, 4) is 0 Å². The zero-order valence-electron chi connectivity index (χ0n) is 14.8. The molecule has 2 aromatic rings. The molecule has 0 unspecified atom stereocenters. The van der Waals surface area contributed by atoms with Crippen molar-refractivity contribution >= 4 is 5.69 Å². The maximum atomic E-state index is 12.8. The highest BCUT2D eigenvalue weighted by Crippen LogP contribution is 2.22. The van der Waals surface area contributed by atoms with Crippen molar-refractivity contribution in [3.63, 3.8) is 0 Å². The molecule has 0 saturated heterocycles. The second-order valence-electron chi connectivity index (χ2n) is 7.11. The van der Waals surface area contributed by atoms with Crippen LogP contribution in [0.5, 0.6) is 0 Å². The van der Waals surface area contributed by atoms with Crippen LogP contribution in [0.25, 0.3) is 0 Å². The van der Waals surface area contributed by atoms with Gasteiger partial charge in [-0.05, 0) is 32.3 Å². The van der Waals surface area contributed by atoms with E-state index in [-0.39, 0.29) is 5.56 Å². The zero-order valence-corrected chi connectivity index (χ0v) is 14.8. The summed E-state index contributed by atoms with van der Waals surface area (Å²) in [5.74, 6) is 0.961.